The van der Waals surface area contributed by atoms with Gasteiger partial charge in [0.15, 0.2) is 11.0 Å². The second-order valence-electron chi connectivity index (χ2n) is 6.78. The fourth-order valence-electron chi connectivity index (χ4n) is 3.09. The molecule has 0 atom stereocenters. The zero-order valence-electron chi connectivity index (χ0n) is 17.4. The lowest BCUT2D eigenvalue weighted by Crippen LogP contribution is -2.14. The van der Waals surface area contributed by atoms with Gasteiger partial charge in [0.1, 0.15) is 5.75 Å². The molecule has 1 aromatic heterocycles. The lowest BCUT2D eigenvalue weighted by atomic mass is 10.2. The third-order valence-electron chi connectivity index (χ3n) is 4.53. The van der Waals surface area contributed by atoms with Crippen molar-refractivity contribution in [1.82, 2.24) is 14.8 Å². The summed E-state index contributed by atoms with van der Waals surface area (Å²) in [5.41, 5.74) is 2.51. The molecule has 32 heavy (non-hydrogen) atoms. The van der Waals surface area contributed by atoms with E-state index >= 15 is 0 Å². The first-order valence-electron chi connectivity index (χ1n) is 10.1. The van der Waals surface area contributed by atoms with Crippen LogP contribution in [0.4, 0.5) is 5.69 Å². The number of hydrogen-bond acceptors (Lipinski definition) is 5. The second-order valence-corrected chi connectivity index (χ2v) is 8.16. The highest BCUT2D eigenvalue weighted by Gasteiger charge is 2.17. The van der Waals surface area contributed by atoms with Crippen LogP contribution in [-0.2, 0) is 4.79 Å². The van der Waals surface area contributed by atoms with Crippen molar-refractivity contribution in [2.24, 2.45) is 0 Å². The van der Waals surface area contributed by atoms with Crippen LogP contribution < -0.4 is 10.1 Å². The average molecular weight is 465 g/mol. The van der Waals surface area contributed by atoms with Gasteiger partial charge in [0.25, 0.3) is 0 Å². The van der Waals surface area contributed by atoms with Crippen molar-refractivity contribution < 1.29 is 9.53 Å². The SMILES string of the molecule is CCOc1ccc(NC(=O)CSc2nnc(-c3ccc(Cl)cc3)n2-c2ccccc2)cc1. The highest BCUT2D eigenvalue weighted by molar-refractivity contribution is 7.99. The van der Waals surface area contributed by atoms with Crippen LogP contribution in [0.2, 0.25) is 5.02 Å². The fourth-order valence-corrected chi connectivity index (χ4v) is 3.97. The van der Waals surface area contributed by atoms with Crippen molar-refractivity contribution >= 4 is 35.0 Å². The Hall–Kier alpha value is -3.29. The van der Waals surface area contributed by atoms with Crippen LogP contribution in [0.5, 0.6) is 5.75 Å². The van der Waals surface area contributed by atoms with Gasteiger partial charge in [-0.25, -0.2) is 0 Å². The summed E-state index contributed by atoms with van der Waals surface area (Å²) in [4.78, 5) is 12.5. The molecule has 162 valence electrons. The molecule has 6 nitrogen and oxygen atoms in total. The number of halogens is 1. The molecule has 0 fully saturated rings. The normalized spacial score (nSPS) is 10.7. The molecule has 4 aromatic rings. The number of para-hydroxylation sites is 1. The summed E-state index contributed by atoms with van der Waals surface area (Å²) in [5.74, 6) is 1.52. The molecule has 0 aliphatic heterocycles. The molecule has 0 spiro atoms. The number of carbonyl (C=O) groups is 1. The van der Waals surface area contributed by atoms with Crippen molar-refractivity contribution in [2.75, 3.05) is 17.7 Å². The molecule has 0 saturated heterocycles. The molecule has 3 aromatic carbocycles. The van der Waals surface area contributed by atoms with Crippen LogP contribution in [0.3, 0.4) is 0 Å². The summed E-state index contributed by atoms with van der Waals surface area (Å²) in [6, 6.07) is 24.5. The second kappa shape index (κ2) is 10.3. The maximum atomic E-state index is 12.5. The maximum absolute atomic E-state index is 12.5. The predicted molar refractivity (Wildman–Crippen MR) is 129 cm³/mol. The van der Waals surface area contributed by atoms with Crippen molar-refractivity contribution in [1.29, 1.82) is 0 Å². The molecule has 0 saturated carbocycles. The zero-order chi connectivity index (χ0) is 22.3. The first-order valence-corrected chi connectivity index (χ1v) is 11.4. The summed E-state index contributed by atoms with van der Waals surface area (Å²) < 4.78 is 7.37. The third-order valence-corrected chi connectivity index (χ3v) is 5.71. The molecule has 0 aliphatic carbocycles. The summed E-state index contributed by atoms with van der Waals surface area (Å²) >= 11 is 7.36. The van der Waals surface area contributed by atoms with Crippen molar-refractivity contribution in [2.45, 2.75) is 12.1 Å². The molecule has 8 heteroatoms. The van der Waals surface area contributed by atoms with Crippen molar-refractivity contribution in [3.8, 4) is 22.8 Å². The van der Waals surface area contributed by atoms with E-state index in [-0.39, 0.29) is 11.7 Å². The smallest absolute Gasteiger partial charge is 0.234 e. The molecule has 1 heterocycles. The lowest BCUT2D eigenvalue weighted by Gasteiger charge is -2.11. The molecular weight excluding hydrogens is 444 g/mol. The standard InChI is InChI=1S/C24H21ClN4O2S/c1-2-31-21-14-12-19(13-15-21)26-22(30)16-32-24-28-27-23(17-8-10-18(25)11-9-17)29(24)20-6-4-3-5-7-20/h3-15H,2,16H2,1H3,(H,26,30). The Morgan fingerprint density at radius 1 is 1.00 bits per heavy atom. The Kier molecular flexibility index (Phi) is 7.09. The number of nitrogens with zero attached hydrogens (tertiary/aromatic N) is 3. The summed E-state index contributed by atoms with van der Waals surface area (Å²) in [6.07, 6.45) is 0. The molecule has 0 radical (unpaired) electrons. The Balaban J connectivity index is 1.52. The minimum absolute atomic E-state index is 0.130. The topological polar surface area (TPSA) is 69.0 Å². The van der Waals surface area contributed by atoms with Crippen LogP contribution in [0, 0.1) is 0 Å². The van der Waals surface area contributed by atoms with Gasteiger partial charge in [-0.15, -0.1) is 10.2 Å². The van der Waals surface area contributed by atoms with E-state index in [9.17, 15) is 4.79 Å². The van der Waals surface area contributed by atoms with Crippen LogP contribution in [-0.4, -0.2) is 33.0 Å². The molecular formula is C24H21ClN4O2S. The van der Waals surface area contributed by atoms with Crippen LogP contribution in [0.15, 0.2) is 84.0 Å². The predicted octanol–water partition coefficient (Wildman–Crippen LogP) is 5.72. The van der Waals surface area contributed by atoms with Gasteiger partial charge in [0, 0.05) is 22.0 Å². The largest absolute Gasteiger partial charge is 0.494 e. The van der Waals surface area contributed by atoms with E-state index in [4.69, 9.17) is 16.3 Å². The number of carbonyl (C=O) groups excluding carboxylic acids is 1. The number of benzene rings is 3. The lowest BCUT2D eigenvalue weighted by molar-refractivity contribution is -0.113. The summed E-state index contributed by atoms with van der Waals surface area (Å²) in [5, 5.41) is 12.9. The number of nitrogens with one attached hydrogen (secondary N) is 1. The number of thioether (sulfide) groups is 1. The van der Waals surface area contributed by atoms with E-state index in [1.54, 1.807) is 0 Å². The number of amides is 1. The molecule has 1 amide bonds. The minimum atomic E-state index is -0.130. The fraction of sp³-hybridized carbons (Fsp3) is 0.125. The zero-order valence-corrected chi connectivity index (χ0v) is 18.9. The highest BCUT2D eigenvalue weighted by Crippen LogP contribution is 2.28. The molecule has 1 N–H and O–H groups in total. The maximum Gasteiger partial charge on any atom is 0.234 e. The Morgan fingerprint density at radius 3 is 2.41 bits per heavy atom. The van der Waals surface area contributed by atoms with Gasteiger partial charge in [0.05, 0.1) is 12.4 Å². The van der Waals surface area contributed by atoms with Gasteiger partial charge in [-0.05, 0) is 67.6 Å². The van der Waals surface area contributed by atoms with Crippen LogP contribution in [0.1, 0.15) is 6.92 Å². The average Bonchev–Trinajstić information content (AvgIpc) is 3.24. The van der Waals surface area contributed by atoms with Gasteiger partial charge in [0.2, 0.25) is 5.91 Å². The Morgan fingerprint density at radius 2 is 1.72 bits per heavy atom. The van der Waals surface area contributed by atoms with Gasteiger partial charge >= 0.3 is 0 Å². The summed E-state index contributed by atoms with van der Waals surface area (Å²) in [7, 11) is 0. The summed E-state index contributed by atoms with van der Waals surface area (Å²) in [6.45, 7) is 2.53. The first kappa shape index (κ1) is 21.9. The van der Waals surface area contributed by atoms with Crippen molar-refractivity contribution in [3.63, 3.8) is 0 Å². The third kappa shape index (κ3) is 5.30. The number of hydrogen-bond donors (Lipinski definition) is 1. The molecule has 4 rings (SSSR count). The van der Waals surface area contributed by atoms with E-state index in [1.165, 1.54) is 11.8 Å². The van der Waals surface area contributed by atoms with Gasteiger partial charge < -0.3 is 10.1 Å². The minimum Gasteiger partial charge on any atom is -0.494 e. The van der Waals surface area contributed by atoms with Crippen LogP contribution >= 0.6 is 23.4 Å². The van der Waals surface area contributed by atoms with E-state index in [2.05, 4.69) is 15.5 Å². The monoisotopic (exact) mass is 464 g/mol. The molecule has 0 bridgehead atoms. The number of ether oxygens (including phenoxy) is 1. The van der Waals surface area contributed by atoms with E-state index < -0.39 is 0 Å². The van der Waals surface area contributed by atoms with Gasteiger partial charge in [-0.3, -0.25) is 9.36 Å². The Labute approximate surface area is 195 Å². The van der Waals surface area contributed by atoms with Crippen molar-refractivity contribution in [3.05, 3.63) is 83.9 Å². The highest BCUT2D eigenvalue weighted by atomic mass is 35.5. The molecule has 0 aliphatic rings. The number of anilines is 1. The van der Waals surface area contributed by atoms with Gasteiger partial charge in [-0.1, -0.05) is 41.6 Å². The van der Waals surface area contributed by atoms with Gasteiger partial charge in [-0.2, -0.15) is 0 Å². The van der Waals surface area contributed by atoms with E-state index in [1.807, 2.05) is 90.4 Å². The Bertz CT molecular complexity index is 1180. The number of rotatable bonds is 8. The molecule has 0 unspecified atom stereocenters. The van der Waals surface area contributed by atoms with E-state index in [0.29, 0.717) is 28.3 Å². The first-order chi connectivity index (χ1) is 15.6. The van der Waals surface area contributed by atoms with Crippen LogP contribution in [0.25, 0.3) is 17.1 Å². The quantitative estimate of drug-likeness (QED) is 0.338. The number of aromatic nitrogens is 3. The van der Waals surface area contributed by atoms with E-state index in [0.717, 1.165) is 17.0 Å².